The van der Waals surface area contributed by atoms with Crippen LogP contribution in [0.3, 0.4) is 0 Å². The molecular weight excluding hydrogens is 731 g/mol. The van der Waals surface area contributed by atoms with E-state index in [-0.39, 0.29) is 24.9 Å². The Kier molecular flexibility index (Phi) is 43.4. The minimum absolute atomic E-state index is 0.0314. The van der Waals surface area contributed by atoms with Gasteiger partial charge in [0.25, 0.3) is 0 Å². The number of ether oxygens (including phenoxy) is 1. The van der Waals surface area contributed by atoms with Gasteiger partial charge in [-0.3, -0.25) is 9.59 Å². The van der Waals surface area contributed by atoms with Crippen molar-refractivity contribution in [2.45, 2.75) is 219 Å². The van der Waals surface area contributed by atoms with E-state index in [1.165, 1.54) is 70.6 Å². The summed E-state index contributed by atoms with van der Waals surface area (Å²) in [6.45, 7) is 6.26. The minimum Gasteiger partial charge on any atom is -0.462 e. The molecule has 0 radical (unpaired) electrons. The second-order valence-electron chi connectivity index (χ2n) is 16.0. The highest BCUT2D eigenvalue weighted by Gasteiger charge is 2.24. The molecule has 0 aromatic rings. The van der Waals surface area contributed by atoms with Gasteiger partial charge in [0.15, 0.2) is 0 Å². The zero-order chi connectivity index (χ0) is 43.1. The van der Waals surface area contributed by atoms with Gasteiger partial charge in [0, 0.05) is 6.42 Å². The molecule has 0 rings (SSSR count). The van der Waals surface area contributed by atoms with Crippen molar-refractivity contribution in [3.05, 3.63) is 97.2 Å². The molecule has 336 valence electrons. The van der Waals surface area contributed by atoms with Gasteiger partial charge in [-0.25, -0.2) is 0 Å². The van der Waals surface area contributed by atoms with Crippen LogP contribution in [0.25, 0.3) is 0 Å². The van der Waals surface area contributed by atoms with Crippen molar-refractivity contribution in [3.63, 3.8) is 0 Å². The highest BCUT2D eigenvalue weighted by molar-refractivity contribution is 5.77. The molecule has 6 nitrogen and oxygen atoms in total. The minimum atomic E-state index is -0.808. The van der Waals surface area contributed by atoms with Crippen molar-refractivity contribution >= 4 is 11.9 Å². The molecule has 0 aromatic carbocycles. The number of carbonyl (C=O) groups is 2. The lowest BCUT2D eigenvalue weighted by molar-refractivity contribution is -0.151. The summed E-state index contributed by atoms with van der Waals surface area (Å²) in [6.07, 6.45) is 60.3. The van der Waals surface area contributed by atoms with E-state index >= 15 is 0 Å². The molecule has 0 spiro atoms. The maximum atomic E-state index is 13.1. The van der Waals surface area contributed by atoms with E-state index in [2.05, 4.69) is 80.8 Å². The molecule has 0 aliphatic carbocycles. The number of hydrogen-bond acceptors (Lipinski definition) is 5. The molecule has 0 fully saturated rings. The van der Waals surface area contributed by atoms with E-state index in [9.17, 15) is 19.8 Å². The number of unbranched alkanes of at least 4 members (excludes halogenated alkanes) is 19. The van der Waals surface area contributed by atoms with Crippen LogP contribution in [0.2, 0.25) is 0 Å². The molecule has 3 atom stereocenters. The number of aliphatic hydroxyl groups excluding tert-OH is 2. The molecule has 0 bridgehead atoms. The fraction of sp³-hybridized carbons (Fsp3) is 0.660. The van der Waals surface area contributed by atoms with Gasteiger partial charge in [0.05, 0.1) is 25.2 Å². The van der Waals surface area contributed by atoms with Crippen LogP contribution in [0.1, 0.15) is 201 Å². The van der Waals surface area contributed by atoms with Crippen LogP contribution in [0.4, 0.5) is 0 Å². The molecule has 6 heteroatoms. The number of esters is 1. The number of nitrogens with one attached hydrogen (secondary N) is 1. The SMILES string of the molecule is CC/C=C/C=C/C=C\C=C/C=C/CCCCCC(=O)OC(CCCCC/C=C/C=C/C=C/CCCCCCC)CC(=O)NC(CO)C(O)CCCCCCCCCCC. The Bertz CT molecular complexity index is 1190. The number of carbonyl (C=O) groups excluding carboxylic acids is 2. The third kappa shape index (κ3) is 41.3. The van der Waals surface area contributed by atoms with Gasteiger partial charge in [0.2, 0.25) is 5.91 Å². The quantitative estimate of drug-likeness (QED) is 0.0324. The first-order chi connectivity index (χ1) is 29.0. The van der Waals surface area contributed by atoms with Gasteiger partial charge in [-0.1, -0.05) is 214 Å². The summed E-state index contributed by atoms with van der Waals surface area (Å²) in [5, 5.41) is 23.6. The number of aliphatic hydroxyl groups is 2. The van der Waals surface area contributed by atoms with Crippen molar-refractivity contribution in [2.75, 3.05) is 6.61 Å². The average molecular weight is 820 g/mol. The summed E-state index contributed by atoms with van der Waals surface area (Å²) in [6, 6.07) is -0.726. The van der Waals surface area contributed by atoms with Crippen molar-refractivity contribution in [3.8, 4) is 0 Å². The first-order valence-electron chi connectivity index (χ1n) is 24.1. The van der Waals surface area contributed by atoms with Crippen LogP contribution >= 0.6 is 0 Å². The molecule has 3 N–H and O–H groups in total. The number of allylic oxidation sites excluding steroid dienone is 16. The zero-order valence-corrected chi connectivity index (χ0v) is 38.1. The fourth-order valence-corrected chi connectivity index (χ4v) is 6.69. The highest BCUT2D eigenvalue weighted by atomic mass is 16.5. The largest absolute Gasteiger partial charge is 0.462 e. The Morgan fingerprint density at radius 2 is 0.915 bits per heavy atom. The third-order valence-electron chi connectivity index (χ3n) is 10.3. The summed E-state index contributed by atoms with van der Waals surface area (Å²) < 4.78 is 5.88. The van der Waals surface area contributed by atoms with Crippen LogP contribution < -0.4 is 5.32 Å². The van der Waals surface area contributed by atoms with Crippen molar-refractivity contribution in [1.82, 2.24) is 5.32 Å². The summed E-state index contributed by atoms with van der Waals surface area (Å²) in [7, 11) is 0. The first kappa shape index (κ1) is 55.8. The Hall–Kier alpha value is -3.22. The molecule has 0 aliphatic heterocycles. The maximum Gasteiger partial charge on any atom is 0.306 e. The Labute approximate surface area is 363 Å². The number of amides is 1. The smallest absolute Gasteiger partial charge is 0.306 e. The Balaban J connectivity index is 4.79. The molecule has 0 heterocycles. The normalized spacial score (nSPS) is 14.2. The van der Waals surface area contributed by atoms with Gasteiger partial charge in [-0.05, 0) is 70.6 Å². The van der Waals surface area contributed by atoms with Gasteiger partial charge < -0.3 is 20.3 Å². The van der Waals surface area contributed by atoms with E-state index in [1.54, 1.807) is 0 Å². The summed E-state index contributed by atoms with van der Waals surface area (Å²) in [5.74, 6) is -0.568. The highest BCUT2D eigenvalue weighted by Crippen LogP contribution is 2.16. The lowest BCUT2D eigenvalue weighted by Crippen LogP contribution is -2.46. The Morgan fingerprint density at radius 1 is 0.508 bits per heavy atom. The summed E-state index contributed by atoms with van der Waals surface area (Å²) in [4.78, 5) is 26.0. The lowest BCUT2D eigenvalue weighted by Gasteiger charge is -2.24. The lowest BCUT2D eigenvalue weighted by atomic mass is 10.0. The van der Waals surface area contributed by atoms with Crippen LogP contribution in [-0.4, -0.2) is 46.9 Å². The average Bonchev–Trinajstić information content (AvgIpc) is 3.23. The predicted octanol–water partition coefficient (Wildman–Crippen LogP) is 14.2. The second-order valence-corrected chi connectivity index (χ2v) is 16.0. The topological polar surface area (TPSA) is 95.9 Å². The van der Waals surface area contributed by atoms with Crippen LogP contribution in [0.15, 0.2) is 97.2 Å². The second kappa shape index (κ2) is 45.9. The van der Waals surface area contributed by atoms with E-state index in [0.29, 0.717) is 19.3 Å². The van der Waals surface area contributed by atoms with Gasteiger partial charge in [-0.2, -0.15) is 0 Å². The third-order valence-corrected chi connectivity index (χ3v) is 10.3. The summed E-state index contributed by atoms with van der Waals surface area (Å²) >= 11 is 0. The molecule has 59 heavy (non-hydrogen) atoms. The molecule has 0 aromatic heterocycles. The molecule has 3 unspecified atom stereocenters. The monoisotopic (exact) mass is 820 g/mol. The summed E-state index contributed by atoms with van der Waals surface area (Å²) in [5.41, 5.74) is 0. The molecule has 0 saturated carbocycles. The van der Waals surface area contributed by atoms with E-state index < -0.39 is 18.2 Å². The van der Waals surface area contributed by atoms with Crippen molar-refractivity contribution in [1.29, 1.82) is 0 Å². The zero-order valence-electron chi connectivity index (χ0n) is 38.1. The number of rotatable bonds is 41. The molecule has 1 amide bonds. The van der Waals surface area contributed by atoms with Gasteiger partial charge in [-0.15, -0.1) is 0 Å². The molecule has 0 saturated heterocycles. The van der Waals surface area contributed by atoms with E-state index in [0.717, 1.165) is 83.5 Å². The molecular formula is C53H89NO5. The predicted molar refractivity (Wildman–Crippen MR) is 254 cm³/mol. The maximum absolute atomic E-state index is 13.1. The van der Waals surface area contributed by atoms with Crippen LogP contribution in [0, 0.1) is 0 Å². The van der Waals surface area contributed by atoms with Crippen molar-refractivity contribution < 1.29 is 24.5 Å². The van der Waals surface area contributed by atoms with Crippen molar-refractivity contribution in [2.24, 2.45) is 0 Å². The van der Waals surface area contributed by atoms with E-state index in [4.69, 9.17) is 4.74 Å². The van der Waals surface area contributed by atoms with Gasteiger partial charge >= 0.3 is 5.97 Å². The van der Waals surface area contributed by atoms with E-state index in [1.807, 2.05) is 42.5 Å². The van der Waals surface area contributed by atoms with Gasteiger partial charge in [0.1, 0.15) is 6.10 Å². The fourth-order valence-electron chi connectivity index (χ4n) is 6.69. The molecule has 0 aliphatic rings. The Morgan fingerprint density at radius 3 is 1.41 bits per heavy atom. The standard InChI is InChI=1S/C53H89NO5/c1-4-7-10-13-16-19-21-23-25-27-28-30-33-35-38-41-44-49(47-52(57)54-50(48-55)51(56)45-42-39-36-32-18-15-12-9-6-3)59-53(58)46-43-40-37-34-31-29-26-24-22-20-17-14-11-8-5-2/h8,11,14,17,20-31,49-51,55-56H,4-7,9-10,12-13,15-16,18-19,32-48H2,1-3H3,(H,54,57)/b11-8+,17-14+,22-20-,23-21+,26-24-,27-25+,30-28+,31-29+. The first-order valence-corrected chi connectivity index (χ1v) is 24.1. The number of hydrogen-bond donors (Lipinski definition) is 3. The van der Waals surface area contributed by atoms with Crippen LogP contribution in [0.5, 0.6) is 0 Å². The van der Waals surface area contributed by atoms with Crippen LogP contribution in [-0.2, 0) is 14.3 Å².